The molecule has 2 aromatic carbocycles. The topological polar surface area (TPSA) is 78.5 Å². The van der Waals surface area contributed by atoms with Gasteiger partial charge in [0.05, 0.1) is 0 Å². The second-order valence-electron chi connectivity index (χ2n) is 6.52. The van der Waals surface area contributed by atoms with Gasteiger partial charge in [0.15, 0.2) is 0 Å². The molecule has 0 radical (unpaired) electrons. The highest BCUT2D eigenvalue weighted by atomic mass is 16.2. The highest BCUT2D eigenvalue weighted by Gasteiger charge is 2.15. The maximum Gasteiger partial charge on any atom is 0.226 e. The largest absolute Gasteiger partial charge is 0.326 e. The van der Waals surface area contributed by atoms with Gasteiger partial charge in [-0.25, -0.2) is 0 Å². The van der Waals surface area contributed by atoms with E-state index in [0.29, 0.717) is 17.9 Å². The van der Waals surface area contributed by atoms with Crippen LogP contribution < -0.4 is 15.5 Å². The molecule has 0 spiro atoms. The lowest BCUT2D eigenvalue weighted by atomic mass is 10.1. The van der Waals surface area contributed by atoms with Gasteiger partial charge in [0.1, 0.15) is 0 Å². The number of anilines is 3. The Balaban J connectivity index is 1.97. The second-order valence-corrected chi connectivity index (χ2v) is 6.52. The van der Waals surface area contributed by atoms with Crippen molar-refractivity contribution in [3.63, 3.8) is 0 Å². The molecule has 2 aromatic rings. The van der Waals surface area contributed by atoms with Gasteiger partial charge in [-0.3, -0.25) is 14.4 Å². The fourth-order valence-electron chi connectivity index (χ4n) is 2.83. The fourth-order valence-corrected chi connectivity index (χ4v) is 2.83. The Kier molecular flexibility index (Phi) is 6.71. The van der Waals surface area contributed by atoms with E-state index in [9.17, 15) is 14.4 Å². The fraction of sp³-hybridized carbons (Fsp3) is 0.286. The van der Waals surface area contributed by atoms with Crippen LogP contribution in [-0.4, -0.2) is 24.3 Å². The van der Waals surface area contributed by atoms with E-state index < -0.39 is 0 Å². The second kappa shape index (κ2) is 8.98. The molecule has 0 fully saturated rings. The smallest absolute Gasteiger partial charge is 0.226 e. The molecule has 0 aliphatic rings. The molecule has 0 unspecified atom stereocenters. The SMILES string of the molecule is CC(=O)Nc1ccc(NC(=O)CCN(C(C)=O)c2ccc(C)cc2C)cc1. The Morgan fingerprint density at radius 1 is 0.889 bits per heavy atom. The summed E-state index contributed by atoms with van der Waals surface area (Å²) in [5.74, 6) is -0.435. The molecule has 0 heterocycles. The molecule has 2 N–H and O–H groups in total. The summed E-state index contributed by atoms with van der Waals surface area (Å²) >= 11 is 0. The van der Waals surface area contributed by atoms with Crippen LogP contribution in [0.4, 0.5) is 17.1 Å². The van der Waals surface area contributed by atoms with E-state index in [1.807, 2.05) is 32.0 Å². The lowest BCUT2D eigenvalue weighted by Crippen LogP contribution is -2.32. The monoisotopic (exact) mass is 367 g/mol. The first kappa shape index (κ1) is 20.2. The van der Waals surface area contributed by atoms with Crippen LogP contribution in [0, 0.1) is 13.8 Å². The van der Waals surface area contributed by atoms with Crippen LogP contribution in [0.5, 0.6) is 0 Å². The van der Waals surface area contributed by atoms with Crippen molar-refractivity contribution < 1.29 is 14.4 Å². The molecule has 0 aliphatic carbocycles. The van der Waals surface area contributed by atoms with E-state index >= 15 is 0 Å². The Labute approximate surface area is 159 Å². The quantitative estimate of drug-likeness (QED) is 0.818. The molecule has 6 nitrogen and oxygen atoms in total. The average Bonchev–Trinajstić information content (AvgIpc) is 2.57. The zero-order chi connectivity index (χ0) is 20.0. The number of nitrogens with zero attached hydrogens (tertiary/aromatic N) is 1. The Bertz CT molecular complexity index is 844. The third-order valence-electron chi connectivity index (χ3n) is 4.07. The van der Waals surface area contributed by atoms with Crippen molar-refractivity contribution in [2.75, 3.05) is 22.1 Å². The molecule has 27 heavy (non-hydrogen) atoms. The number of amides is 3. The van der Waals surface area contributed by atoms with Gasteiger partial charge in [-0.2, -0.15) is 0 Å². The number of hydrogen-bond donors (Lipinski definition) is 2. The molecule has 0 aromatic heterocycles. The molecule has 2 rings (SSSR count). The first-order valence-corrected chi connectivity index (χ1v) is 8.79. The minimum Gasteiger partial charge on any atom is -0.326 e. The summed E-state index contributed by atoms with van der Waals surface area (Å²) in [6.45, 7) is 7.19. The molecule has 0 aliphatic heterocycles. The summed E-state index contributed by atoms with van der Waals surface area (Å²) in [5, 5.41) is 5.47. The number of carbonyl (C=O) groups is 3. The minimum atomic E-state index is -0.182. The first-order valence-electron chi connectivity index (χ1n) is 8.79. The van der Waals surface area contributed by atoms with Crippen molar-refractivity contribution in [3.8, 4) is 0 Å². The number of rotatable bonds is 6. The van der Waals surface area contributed by atoms with Gasteiger partial charge in [0, 0.05) is 43.9 Å². The maximum absolute atomic E-state index is 12.3. The molecular formula is C21H25N3O3. The third-order valence-corrected chi connectivity index (χ3v) is 4.07. The molecule has 0 bridgehead atoms. The summed E-state index contributed by atoms with van der Waals surface area (Å²) < 4.78 is 0. The highest BCUT2D eigenvalue weighted by Crippen LogP contribution is 2.22. The number of carbonyl (C=O) groups excluding carboxylic acids is 3. The predicted molar refractivity (Wildman–Crippen MR) is 108 cm³/mol. The maximum atomic E-state index is 12.3. The van der Waals surface area contributed by atoms with Gasteiger partial charge in [0.25, 0.3) is 0 Å². The number of aryl methyl sites for hydroxylation is 2. The van der Waals surface area contributed by atoms with Gasteiger partial charge < -0.3 is 15.5 Å². The third kappa shape index (κ3) is 5.95. The lowest BCUT2D eigenvalue weighted by molar-refractivity contribution is -0.117. The molecular weight excluding hydrogens is 342 g/mol. The van der Waals surface area contributed by atoms with Crippen LogP contribution in [0.15, 0.2) is 42.5 Å². The Morgan fingerprint density at radius 2 is 1.48 bits per heavy atom. The Hall–Kier alpha value is -3.15. The van der Waals surface area contributed by atoms with Crippen molar-refractivity contribution in [2.24, 2.45) is 0 Å². The average molecular weight is 367 g/mol. The van der Waals surface area contributed by atoms with E-state index in [0.717, 1.165) is 16.8 Å². The normalized spacial score (nSPS) is 10.2. The van der Waals surface area contributed by atoms with Crippen LogP contribution in [-0.2, 0) is 14.4 Å². The number of hydrogen-bond acceptors (Lipinski definition) is 3. The number of benzene rings is 2. The van der Waals surface area contributed by atoms with Gasteiger partial charge in [0.2, 0.25) is 17.7 Å². The molecule has 3 amide bonds. The van der Waals surface area contributed by atoms with Crippen molar-refractivity contribution in [1.82, 2.24) is 0 Å². The van der Waals surface area contributed by atoms with Crippen LogP contribution in [0.2, 0.25) is 0 Å². The molecule has 142 valence electrons. The molecule has 0 saturated carbocycles. The van der Waals surface area contributed by atoms with Crippen molar-refractivity contribution in [3.05, 3.63) is 53.6 Å². The number of nitrogens with one attached hydrogen (secondary N) is 2. The van der Waals surface area contributed by atoms with Crippen LogP contribution in [0.25, 0.3) is 0 Å². The van der Waals surface area contributed by atoms with Gasteiger partial charge in [-0.1, -0.05) is 17.7 Å². The standard InChI is InChI=1S/C21H25N3O3/c1-14-5-10-20(15(2)13-14)24(17(4)26)12-11-21(27)23-19-8-6-18(7-9-19)22-16(3)25/h5-10,13H,11-12H2,1-4H3,(H,22,25)(H,23,27). The zero-order valence-electron chi connectivity index (χ0n) is 16.1. The van der Waals surface area contributed by atoms with Crippen LogP contribution in [0.1, 0.15) is 31.4 Å². The van der Waals surface area contributed by atoms with Gasteiger partial charge in [-0.15, -0.1) is 0 Å². The van der Waals surface area contributed by atoms with E-state index in [1.54, 1.807) is 29.2 Å². The van der Waals surface area contributed by atoms with Gasteiger partial charge >= 0.3 is 0 Å². The van der Waals surface area contributed by atoms with E-state index in [1.165, 1.54) is 13.8 Å². The molecule has 0 saturated heterocycles. The highest BCUT2D eigenvalue weighted by molar-refractivity contribution is 5.95. The predicted octanol–water partition coefficient (Wildman–Crippen LogP) is 3.64. The lowest BCUT2D eigenvalue weighted by Gasteiger charge is -2.23. The summed E-state index contributed by atoms with van der Waals surface area (Å²) in [5.41, 5.74) is 4.24. The van der Waals surface area contributed by atoms with Crippen LogP contribution in [0.3, 0.4) is 0 Å². The summed E-state index contributed by atoms with van der Waals surface area (Å²) in [6, 6.07) is 12.7. The van der Waals surface area contributed by atoms with Gasteiger partial charge in [-0.05, 0) is 49.7 Å². The van der Waals surface area contributed by atoms with E-state index in [-0.39, 0.29) is 24.1 Å². The molecule has 0 atom stereocenters. The Morgan fingerprint density at radius 3 is 2.00 bits per heavy atom. The zero-order valence-corrected chi connectivity index (χ0v) is 16.1. The van der Waals surface area contributed by atoms with Crippen molar-refractivity contribution in [2.45, 2.75) is 34.1 Å². The van der Waals surface area contributed by atoms with Crippen molar-refractivity contribution >= 4 is 34.8 Å². The van der Waals surface area contributed by atoms with E-state index in [4.69, 9.17) is 0 Å². The van der Waals surface area contributed by atoms with Crippen molar-refractivity contribution in [1.29, 1.82) is 0 Å². The summed E-state index contributed by atoms with van der Waals surface area (Å²) in [4.78, 5) is 36.9. The minimum absolute atomic E-state index is 0.102. The summed E-state index contributed by atoms with van der Waals surface area (Å²) in [6.07, 6.45) is 0.181. The first-order chi connectivity index (χ1) is 12.8. The molecule has 6 heteroatoms. The van der Waals surface area contributed by atoms with Crippen LogP contribution >= 0.6 is 0 Å². The summed E-state index contributed by atoms with van der Waals surface area (Å²) in [7, 11) is 0. The van der Waals surface area contributed by atoms with E-state index in [2.05, 4.69) is 10.6 Å².